The van der Waals surface area contributed by atoms with Crippen LogP contribution >= 0.6 is 11.6 Å². The van der Waals surface area contributed by atoms with Crippen molar-refractivity contribution in [1.29, 1.82) is 0 Å². The number of ether oxygens (including phenoxy) is 1. The van der Waals surface area contributed by atoms with Gasteiger partial charge in [0, 0.05) is 37.1 Å². The number of carbonyl (C=O) groups excluding carboxylic acids is 1. The fourth-order valence-electron chi connectivity index (χ4n) is 3.18. The van der Waals surface area contributed by atoms with Gasteiger partial charge in [0.05, 0.1) is 28.8 Å². The van der Waals surface area contributed by atoms with Crippen LogP contribution in [0.15, 0.2) is 28.0 Å². The zero-order chi connectivity index (χ0) is 20.6. The molecule has 0 unspecified atom stereocenters. The van der Waals surface area contributed by atoms with E-state index in [-0.39, 0.29) is 32.8 Å². The molecule has 0 radical (unpaired) electrons. The zero-order valence-electron chi connectivity index (χ0n) is 15.9. The highest BCUT2D eigenvalue weighted by molar-refractivity contribution is 7.90. The Morgan fingerprint density at radius 1 is 1.21 bits per heavy atom. The molecule has 1 aromatic carbocycles. The molecule has 2 aromatic rings. The van der Waals surface area contributed by atoms with Gasteiger partial charge in [-0.25, -0.2) is 8.42 Å². The maximum absolute atomic E-state index is 13.0. The number of hydrogen-bond donors (Lipinski definition) is 1. The summed E-state index contributed by atoms with van der Waals surface area (Å²) in [5.74, 6) is -0.555. The van der Waals surface area contributed by atoms with Gasteiger partial charge in [-0.15, -0.1) is 0 Å². The number of morpholine rings is 1. The van der Waals surface area contributed by atoms with Crippen molar-refractivity contribution < 1.29 is 17.9 Å². The number of H-pyrrole nitrogens is 1. The number of nitrogens with zero attached hydrogens (tertiary/aromatic N) is 2. The van der Waals surface area contributed by atoms with Crippen molar-refractivity contribution in [2.45, 2.75) is 24.8 Å². The summed E-state index contributed by atoms with van der Waals surface area (Å²) < 4.78 is 31.2. The summed E-state index contributed by atoms with van der Waals surface area (Å²) in [4.78, 5) is 27.3. The Morgan fingerprint density at radius 3 is 2.39 bits per heavy atom. The number of hydrogen-bond acceptors (Lipinski definition) is 6. The summed E-state index contributed by atoms with van der Waals surface area (Å²) >= 11 is 6.53. The minimum Gasteiger partial charge on any atom is -0.378 e. The van der Waals surface area contributed by atoms with E-state index in [0.29, 0.717) is 26.3 Å². The average Bonchev–Trinajstić information content (AvgIpc) is 3.02. The Balaban J connectivity index is 2.15. The van der Waals surface area contributed by atoms with E-state index in [1.54, 1.807) is 4.90 Å². The summed E-state index contributed by atoms with van der Waals surface area (Å²) in [7, 11) is -3.58. The molecule has 0 amide bonds. The lowest BCUT2D eigenvalue weighted by atomic mass is 10.0. The van der Waals surface area contributed by atoms with E-state index in [2.05, 4.69) is 5.10 Å². The van der Waals surface area contributed by atoms with E-state index in [0.717, 1.165) is 6.26 Å². The molecule has 0 saturated carbocycles. The van der Waals surface area contributed by atoms with Crippen molar-refractivity contribution in [3.63, 3.8) is 0 Å². The first-order chi connectivity index (χ1) is 13.1. The van der Waals surface area contributed by atoms with Crippen molar-refractivity contribution in [2.24, 2.45) is 0 Å². The summed E-state index contributed by atoms with van der Waals surface area (Å²) in [6.07, 6.45) is 2.44. The number of halogens is 1. The first-order valence-electron chi connectivity index (χ1n) is 8.82. The summed E-state index contributed by atoms with van der Waals surface area (Å²) in [6, 6.07) is 2.59. The number of benzene rings is 1. The van der Waals surface area contributed by atoms with Gasteiger partial charge in [0.2, 0.25) is 5.78 Å². The van der Waals surface area contributed by atoms with Crippen LogP contribution in [0.4, 0.5) is 5.69 Å². The van der Waals surface area contributed by atoms with Crippen molar-refractivity contribution in [3.05, 3.63) is 44.8 Å². The molecule has 1 aliphatic heterocycles. The first kappa shape index (κ1) is 20.6. The van der Waals surface area contributed by atoms with Gasteiger partial charge < -0.3 is 14.7 Å². The molecule has 152 valence electrons. The van der Waals surface area contributed by atoms with Gasteiger partial charge in [-0.1, -0.05) is 11.6 Å². The van der Waals surface area contributed by atoms with Gasteiger partial charge in [-0.3, -0.25) is 14.3 Å². The number of aromatic nitrogens is 2. The Kier molecular flexibility index (Phi) is 5.69. The van der Waals surface area contributed by atoms with Crippen LogP contribution in [0.5, 0.6) is 0 Å². The van der Waals surface area contributed by atoms with Crippen LogP contribution in [0.25, 0.3) is 0 Å². The Bertz CT molecular complexity index is 1070. The lowest BCUT2D eigenvalue weighted by molar-refractivity contribution is 0.103. The number of aromatic amines is 1. The Labute approximate surface area is 167 Å². The summed E-state index contributed by atoms with van der Waals surface area (Å²) in [6.45, 7) is 5.38. The molecule has 0 bridgehead atoms. The smallest absolute Gasteiger partial charge is 0.277 e. The largest absolute Gasteiger partial charge is 0.378 e. The molecule has 1 aromatic heterocycles. The molecule has 3 rings (SSSR count). The lowest BCUT2D eigenvalue weighted by Crippen LogP contribution is -2.37. The van der Waals surface area contributed by atoms with Crippen molar-refractivity contribution in [3.8, 4) is 0 Å². The highest BCUT2D eigenvalue weighted by Crippen LogP contribution is 2.37. The van der Waals surface area contributed by atoms with Crippen molar-refractivity contribution >= 4 is 32.9 Å². The third kappa shape index (κ3) is 3.74. The van der Waals surface area contributed by atoms with Gasteiger partial charge >= 0.3 is 0 Å². The summed E-state index contributed by atoms with van der Waals surface area (Å²) in [5, 5.41) is 2.79. The van der Waals surface area contributed by atoms with Crippen molar-refractivity contribution in [2.75, 3.05) is 37.5 Å². The van der Waals surface area contributed by atoms with Gasteiger partial charge in [0.25, 0.3) is 5.56 Å². The normalized spacial score (nSPS) is 15.2. The maximum Gasteiger partial charge on any atom is 0.277 e. The van der Waals surface area contributed by atoms with Gasteiger partial charge in [-0.05, 0) is 26.0 Å². The van der Waals surface area contributed by atoms with Gasteiger partial charge in [0.1, 0.15) is 5.56 Å². The SMILES string of the molecule is CC(C)n1[nH]cc(C(=O)c2ccc(S(C)(=O)=O)c(N3CCOCC3)c2Cl)c1=O. The highest BCUT2D eigenvalue weighted by atomic mass is 35.5. The second kappa shape index (κ2) is 7.73. The molecule has 10 heteroatoms. The molecule has 28 heavy (non-hydrogen) atoms. The number of carbonyl (C=O) groups is 1. The second-order valence-electron chi connectivity index (χ2n) is 6.93. The molecule has 1 saturated heterocycles. The third-order valence-corrected chi connectivity index (χ3v) is 6.12. The topological polar surface area (TPSA) is 101 Å². The molecule has 8 nitrogen and oxygen atoms in total. The van der Waals surface area contributed by atoms with Crippen LogP contribution in [0.2, 0.25) is 5.02 Å². The second-order valence-corrected chi connectivity index (χ2v) is 9.29. The fraction of sp³-hybridized carbons (Fsp3) is 0.444. The minimum atomic E-state index is -3.58. The Hall–Kier alpha value is -2.10. The van der Waals surface area contributed by atoms with Crippen LogP contribution in [0, 0.1) is 0 Å². The summed E-state index contributed by atoms with van der Waals surface area (Å²) in [5.41, 5.74) is -0.132. The zero-order valence-corrected chi connectivity index (χ0v) is 17.4. The average molecular weight is 428 g/mol. The first-order valence-corrected chi connectivity index (χ1v) is 11.1. The minimum absolute atomic E-state index is 0.0199. The third-order valence-electron chi connectivity index (χ3n) is 4.61. The standard InChI is InChI=1S/C18H22ClN3O5S/c1-11(2)22-18(24)13(10-20-22)17(23)12-4-5-14(28(3,25)26)16(15(12)19)21-6-8-27-9-7-21/h4-5,10-11,20H,6-9H2,1-3H3. The predicted molar refractivity (Wildman–Crippen MR) is 106 cm³/mol. The highest BCUT2D eigenvalue weighted by Gasteiger charge is 2.28. The molecule has 0 atom stereocenters. The molecule has 1 aliphatic rings. The van der Waals surface area contributed by atoms with E-state index in [1.807, 2.05) is 13.8 Å². The van der Waals surface area contributed by atoms with E-state index >= 15 is 0 Å². The molecule has 0 spiro atoms. The van der Waals surface area contributed by atoms with Crippen LogP contribution in [0.3, 0.4) is 0 Å². The number of anilines is 1. The number of nitrogens with one attached hydrogen (secondary N) is 1. The maximum atomic E-state index is 13.0. The van der Waals surface area contributed by atoms with Crippen molar-refractivity contribution in [1.82, 2.24) is 9.78 Å². The lowest BCUT2D eigenvalue weighted by Gasteiger charge is -2.31. The van der Waals surface area contributed by atoms with Crippen LogP contribution in [-0.4, -0.2) is 56.5 Å². The molecular weight excluding hydrogens is 406 g/mol. The monoisotopic (exact) mass is 427 g/mol. The molecule has 0 aliphatic carbocycles. The molecular formula is C18H22ClN3O5S. The number of rotatable bonds is 5. The molecule has 1 fully saturated rings. The van der Waals surface area contributed by atoms with E-state index < -0.39 is 21.2 Å². The van der Waals surface area contributed by atoms with Crippen LogP contribution in [0.1, 0.15) is 35.8 Å². The Morgan fingerprint density at radius 2 is 1.86 bits per heavy atom. The van der Waals surface area contributed by atoms with Crippen LogP contribution in [-0.2, 0) is 14.6 Å². The quantitative estimate of drug-likeness (QED) is 0.731. The fourth-order valence-corrected chi connectivity index (χ4v) is 4.50. The molecule has 1 N–H and O–H groups in total. The number of sulfone groups is 1. The van der Waals surface area contributed by atoms with Gasteiger partial charge in [0.15, 0.2) is 9.84 Å². The van der Waals surface area contributed by atoms with E-state index in [4.69, 9.17) is 16.3 Å². The van der Waals surface area contributed by atoms with Crippen LogP contribution < -0.4 is 10.5 Å². The van der Waals surface area contributed by atoms with E-state index in [9.17, 15) is 18.0 Å². The molecule has 2 heterocycles. The van der Waals surface area contributed by atoms with E-state index in [1.165, 1.54) is 23.0 Å². The van der Waals surface area contributed by atoms with Gasteiger partial charge in [-0.2, -0.15) is 0 Å². The predicted octanol–water partition coefficient (Wildman–Crippen LogP) is 1.88. The number of ketones is 1.